The van der Waals surface area contributed by atoms with Crippen LogP contribution in [-0.4, -0.2) is 20.6 Å². The second-order valence-corrected chi connectivity index (χ2v) is 6.27. The van der Waals surface area contributed by atoms with Crippen molar-refractivity contribution in [3.63, 3.8) is 0 Å². The monoisotopic (exact) mass is 277 g/mol. The van der Waals surface area contributed by atoms with Gasteiger partial charge in [-0.2, -0.15) is 0 Å². The van der Waals surface area contributed by atoms with Gasteiger partial charge in [-0.1, -0.05) is 12.1 Å². The Kier molecular flexibility index (Phi) is 3.48. The third kappa shape index (κ3) is 2.71. The Balaban J connectivity index is 2.42. The number of sulfonamides is 1. The van der Waals surface area contributed by atoms with Crippen LogP contribution in [0.25, 0.3) is 0 Å². The minimum atomic E-state index is -3.60. The molecule has 0 aliphatic carbocycles. The van der Waals surface area contributed by atoms with Crippen molar-refractivity contribution < 1.29 is 13.5 Å². The summed E-state index contributed by atoms with van der Waals surface area (Å²) in [5, 5.41) is 9.21. The summed E-state index contributed by atoms with van der Waals surface area (Å²) < 4.78 is 26.0. The molecule has 5 heteroatoms. The maximum Gasteiger partial charge on any atom is 0.264 e. The third-order valence-corrected chi connectivity index (χ3v) is 4.66. The van der Waals surface area contributed by atoms with E-state index in [9.17, 15) is 13.5 Å². The lowest BCUT2D eigenvalue weighted by atomic mass is 10.2. The predicted octanol–water partition coefficient (Wildman–Crippen LogP) is 2.53. The number of aryl methyl sites for hydroxylation is 1. The normalized spacial score (nSPS) is 11.3. The molecule has 2 rings (SSSR count). The van der Waals surface area contributed by atoms with Crippen molar-refractivity contribution in [3.05, 3.63) is 54.1 Å². The molecule has 1 N–H and O–H groups in total. The Morgan fingerprint density at radius 2 is 1.68 bits per heavy atom. The summed E-state index contributed by atoms with van der Waals surface area (Å²) in [6, 6.07) is 12.8. The molecule has 19 heavy (non-hydrogen) atoms. The van der Waals surface area contributed by atoms with E-state index in [1.54, 1.807) is 12.1 Å². The van der Waals surface area contributed by atoms with E-state index in [1.165, 1.54) is 35.6 Å². The molecule has 0 aliphatic heterocycles. The Morgan fingerprint density at radius 1 is 1.05 bits per heavy atom. The van der Waals surface area contributed by atoms with Crippen LogP contribution in [0.5, 0.6) is 5.75 Å². The van der Waals surface area contributed by atoms with Gasteiger partial charge >= 0.3 is 0 Å². The van der Waals surface area contributed by atoms with Crippen molar-refractivity contribution >= 4 is 15.7 Å². The first-order valence-corrected chi connectivity index (χ1v) is 7.20. The number of hydrogen-bond donors (Lipinski definition) is 1. The topological polar surface area (TPSA) is 57.6 Å². The van der Waals surface area contributed by atoms with E-state index in [0.29, 0.717) is 5.69 Å². The fourth-order valence-corrected chi connectivity index (χ4v) is 2.93. The van der Waals surface area contributed by atoms with Gasteiger partial charge in [0, 0.05) is 7.05 Å². The lowest BCUT2D eigenvalue weighted by Gasteiger charge is -2.19. The van der Waals surface area contributed by atoms with E-state index in [4.69, 9.17) is 0 Å². The van der Waals surface area contributed by atoms with Crippen molar-refractivity contribution in [1.29, 1.82) is 0 Å². The summed E-state index contributed by atoms with van der Waals surface area (Å²) >= 11 is 0. The van der Waals surface area contributed by atoms with Gasteiger partial charge in [0.2, 0.25) is 0 Å². The number of phenols is 1. The summed E-state index contributed by atoms with van der Waals surface area (Å²) in [7, 11) is -2.09. The number of phenolic OH excluding ortho intramolecular Hbond substituents is 1. The van der Waals surface area contributed by atoms with Crippen molar-refractivity contribution in [3.8, 4) is 5.75 Å². The molecule has 0 heterocycles. The maximum atomic E-state index is 12.4. The highest BCUT2D eigenvalue weighted by Crippen LogP contribution is 2.23. The maximum absolute atomic E-state index is 12.4. The summed E-state index contributed by atoms with van der Waals surface area (Å²) in [5.74, 6) is 0.0390. The first-order chi connectivity index (χ1) is 8.91. The highest BCUT2D eigenvalue weighted by atomic mass is 32.2. The number of benzene rings is 2. The van der Waals surface area contributed by atoms with Crippen molar-refractivity contribution in [2.75, 3.05) is 11.4 Å². The largest absolute Gasteiger partial charge is 0.508 e. The fourth-order valence-electron chi connectivity index (χ4n) is 1.74. The van der Waals surface area contributed by atoms with Crippen LogP contribution in [0.4, 0.5) is 5.69 Å². The van der Waals surface area contributed by atoms with E-state index in [0.717, 1.165) is 5.56 Å². The van der Waals surface area contributed by atoms with Crippen molar-refractivity contribution in [2.45, 2.75) is 11.8 Å². The number of aromatic hydroxyl groups is 1. The molecule has 0 unspecified atom stereocenters. The van der Waals surface area contributed by atoms with Gasteiger partial charge in [0.05, 0.1) is 10.6 Å². The average Bonchev–Trinajstić information content (AvgIpc) is 2.38. The molecule has 0 aliphatic rings. The van der Waals surface area contributed by atoms with Crippen LogP contribution >= 0.6 is 0 Å². The number of rotatable bonds is 3. The molecule has 0 fully saturated rings. The SMILES string of the molecule is Cc1cccc(N(C)S(=O)(=O)c2ccc(O)cc2)c1. The van der Waals surface area contributed by atoms with Crippen LogP contribution < -0.4 is 4.31 Å². The number of nitrogens with zero attached hydrogens (tertiary/aromatic N) is 1. The van der Waals surface area contributed by atoms with Crippen molar-refractivity contribution in [2.24, 2.45) is 0 Å². The Morgan fingerprint density at radius 3 is 2.26 bits per heavy atom. The van der Waals surface area contributed by atoms with Crippen LogP contribution in [0.15, 0.2) is 53.4 Å². The zero-order chi connectivity index (χ0) is 14.0. The van der Waals surface area contributed by atoms with Gasteiger partial charge in [-0.15, -0.1) is 0 Å². The van der Waals surface area contributed by atoms with Gasteiger partial charge in [-0.05, 0) is 48.9 Å². The van der Waals surface area contributed by atoms with E-state index < -0.39 is 10.0 Å². The quantitative estimate of drug-likeness (QED) is 0.938. The van der Waals surface area contributed by atoms with E-state index in [2.05, 4.69) is 0 Å². The molecular formula is C14H15NO3S. The molecule has 0 radical (unpaired) electrons. The second kappa shape index (κ2) is 4.93. The fraction of sp³-hybridized carbons (Fsp3) is 0.143. The van der Waals surface area contributed by atoms with Crippen LogP contribution in [-0.2, 0) is 10.0 Å². The Bertz CT molecular complexity index is 678. The first-order valence-electron chi connectivity index (χ1n) is 5.76. The molecule has 0 spiro atoms. The minimum Gasteiger partial charge on any atom is -0.508 e. The van der Waals surface area contributed by atoms with Gasteiger partial charge in [-0.25, -0.2) is 8.42 Å². The molecule has 0 aromatic heterocycles. The van der Waals surface area contributed by atoms with Gasteiger partial charge < -0.3 is 5.11 Å². The van der Waals surface area contributed by atoms with E-state index in [-0.39, 0.29) is 10.6 Å². The zero-order valence-electron chi connectivity index (χ0n) is 10.7. The van der Waals surface area contributed by atoms with E-state index >= 15 is 0 Å². The van der Waals surface area contributed by atoms with Crippen LogP contribution in [0.3, 0.4) is 0 Å². The lowest BCUT2D eigenvalue weighted by molar-refractivity contribution is 0.475. The summed E-state index contributed by atoms with van der Waals surface area (Å²) in [6.45, 7) is 1.91. The molecular weight excluding hydrogens is 262 g/mol. The molecule has 0 bridgehead atoms. The second-order valence-electron chi connectivity index (χ2n) is 4.31. The standard InChI is InChI=1S/C14H15NO3S/c1-11-4-3-5-12(10-11)15(2)19(17,18)14-8-6-13(16)7-9-14/h3-10,16H,1-2H3. The van der Waals surface area contributed by atoms with Crippen molar-refractivity contribution in [1.82, 2.24) is 0 Å². The summed E-state index contributed by atoms with van der Waals surface area (Å²) in [4.78, 5) is 0.148. The van der Waals surface area contributed by atoms with Gasteiger partial charge in [0.1, 0.15) is 5.75 Å². The Labute approximate surface area is 113 Å². The average molecular weight is 277 g/mol. The molecule has 0 saturated carbocycles. The van der Waals surface area contributed by atoms with Gasteiger partial charge in [0.25, 0.3) is 10.0 Å². The number of anilines is 1. The van der Waals surface area contributed by atoms with Crippen LogP contribution in [0.1, 0.15) is 5.56 Å². The summed E-state index contributed by atoms with van der Waals surface area (Å²) in [6.07, 6.45) is 0. The molecule has 0 amide bonds. The highest BCUT2D eigenvalue weighted by Gasteiger charge is 2.21. The number of hydrogen-bond acceptors (Lipinski definition) is 3. The van der Waals surface area contributed by atoms with Gasteiger partial charge in [-0.3, -0.25) is 4.31 Å². The third-order valence-electron chi connectivity index (χ3n) is 2.86. The molecule has 2 aromatic carbocycles. The molecule has 0 atom stereocenters. The van der Waals surface area contributed by atoms with Gasteiger partial charge in [0.15, 0.2) is 0 Å². The van der Waals surface area contributed by atoms with E-state index in [1.807, 2.05) is 19.1 Å². The molecule has 0 saturated heterocycles. The first kappa shape index (κ1) is 13.4. The molecule has 100 valence electrons. The Hall–Kier alpha value is -2.01. The zero-order valence-corrected chi connectivity index (χ0v) is 11.6. The van der Waals surface area contributed by atoms with Crippen LogP contribution in [0.2, 0.25) is 0 Å². The molecule has 2 aromatic rings. The molecule has 4 nitrogen and oxygen atoms in total. The lowest BCUT2D eigenvalue weighted by Crippen LogP contribution is -2.26. The minimum absolute atomic E-state index is 0.0390. The smallest absolute Gasteiger partial charge is 0.264 e. The predicted molar refractivity (Wildman–Crippen MR) is 74.9 cm³/mol. The van der Waals surface area contributed by atoms with Crippen LogP contribution in [0, 0.1) is 6.92 Å². The highest BCUT2D eigenvalue weighted by molar-refractivity contribution is 7.92. The summed E-state index contributed by atoms with van der Waals surface area (Å²) in [5.41, 5.74) is 1.60.